The molecule has 0 amide bonds. The molecule has 4 nitrogen and oxygen atoms in total. The Labute approximate surface area is 147 Å². The summed E-state index contributed by atoms with van der Waals surface area (Å²) in [5.74, 6) is -0.345. The fourth-order valence-corrected chi connectivity index (χ4v) is 3.79. The number of fused-ring (bicyclic) bond motifs is 2. The highest BCUT2D eigenvalue weighted by atomic mass is 35.5. The lowest BCUT2D eigenvalue weighted by atomic mass is 9.97. The molecular weight excluding hydrogens is 339 g/mol. The molecule has 0 radical (unpaired) electrons. The van der Waals surface area contributed by atoms with Gasteiger partial charge < -0.3 is 10.3 Å². The van der Waals surface area contributed by atoms with E-state index >= 15 is 0 Å². The average Bonchev–Trinajstić information content (AvgIpc) is 2.99. The fraction of sp³-hybridized carbons (Fsp3) is 0.0526. The highest BCUT2D eigenvalue weighted by Crippen LogP contribution is 2.44. The maximum Gasteiger partial charge on any atom is 0.160 e. The second-order valence-corrected chi connectivity index (χ2v) is 6.39. The van der Waals surface area contributed by atoms with Crippen molar-refractivity contribution in [2.75, 3.05) is 5.32 Å². The van der Waals surface area contributed by atoms with E-state index in [0.717, 1.165) is 27.8 Å². The zero-order valence-electron chi connectivity index (χ0n) is 12.9. The lowest BCUT2D eigenvalue weighted by molar-refractivity contribution is 0.605. The van der Waals surface area contributed by atoms with Crippen molar-refractivity contribution < 1.29 is 4.39 Å². The van der Waals surface area contributed by atoms with Crippen LogP contribution in [0.15, 0.2) is 54.9 Å². The van der Waals surface area contributed by atoms with Crippen LogP contribution >= 0.6 is 11.6 Å². The van der Waals surface area contributed by atoms with Crippen molar-refractivity contribution in [2.45, 2.75) is 6.04 Å². The van der Waals surface area contributed by atoms with Crippen molar-refractivity contribution in [1.82, 2.24) is 15.2 Å². The summed E-state index contributed by atoms with van der Waals surface area (Å²) >= 11 is 6.35. The number of halogens is 2. The predicted molar refractivity (Wildman–Crippen MR) is 96.2 cm³/mol. The second kappa shape index (κ2) is 5.29. The fourth-order valence-electron chi connectivity index (χ4n) is 3.52. The molecule has 0 fully saturated rings. The lowest BCUT2D eigenvalue weighted by Gasteiger charge is -2.21. The molecule has 0 aliphatic carbocycles. The Kier molecular flexibility index (Phi) is 3.05. The molecule has 1 aliphatic rings. The minimum atomic E-state index is -0.436. The number of anilines is 1. The van der Waals surface area contributed by atoms with Gasteiger partial charge in [-0.25, -0.2) is 4.39 Å². The Hall–Kier alpha value is -2.92. The summed E-state index contributed by atoms with van der Waals surface area (Å²) in [5, 5.41) is 13.0. The minimum absolute atomic E-state index is 0.345. The van der Waals surface area contributed by atoms with Crippen LogP contribution in [0.25, 0.3) is 22.2 Å². The first-order valence-corrected chi connectivity index (χ1v) is 8.24. The van der Waals surface area contributed by atoms with E-state index in [0.29, 0.717) is 16.2 Å². The summed E-state index contributed by atoms with van der Waals surface area (Å²) in [4.78, 5) is 3.14. The third kappa shape index (κ3) is 2.06. The van der Waals surface area contributed by atoms with Crippen LogP contribution in [-0.2, 0) is 0 Å². The van der Waals surface area contributed by atoms with Gasteiger partial charge in [-0.2, -0.15) is 5.10 Å². The van der Waals surface area contributed by atoms with Crippen LogP contribution in [0.5, 0.6) is 0 Å². The highest BCUT2D eigenvalue weighted by Gasteiger charge is 2.29. The Morgan fingerprint density at radius 1 is 1.04 bits per heavy atom. The SMILES string of the molecule is Fc1cccc(Cl)c1C1Nc2ccccc2-c2cnnc3[nH]cc1c23. The van der Waals surface area contributed by atoms with Gasteiger partial charge in [0.15, 0.2) is 5.65 Å². The van der Waals surface area contributed by atoms with E-state index in [1.54, 1.807) is 18.3 Å². The monoisotopic (exact) mass is 350 g/mol. The maximum absolute atomic E-state index is 14.6. The van der Waals surface area contributed by atoms with E-state index in [1.165, 1.54) is 6.07 Å². The van der Waals surface area contributed by atoms with Crippen molar-refractivity contribution in [2.24, 2.45) is 0 Å². The molecule has 25 heavy (non-hydrogen) atoms. The summed E-state index contributed by atoms with van der Waals surface area (Å²) < 4.78 is 14.6. The number of benzene rings is 2. The summed E-state index contributed by atoms with van der Waals surface area (Å²) in [6.07, 6.45) is 3.58. The Morgan fingerprint density at radius 2 is 1.92 bits per heavy atom. The van der Waals surface area contributed by atoms with Crippen LogP contribution in [0.1, 0.15) is 17.2 Å². The molecule has 2 aromatic heterocycles. The van der Waals surface area contributed by atoms with Gasteiger partial charge in [-0.3, -0.25) is 0 Å². The summed E-state index contributed by atoms with van der Waals surface area (Å²) in [6.45, 7) is 0. The van der Waals surface area contributed by atoms with E-state index in [1.807, 2.05) is 30.5 Å². The molecule has 1 unspecified atom stereocenters. The van der Waals surface area contributed by atoms with E-state index in [-0.39, 0.29) is 5.82 Å². The molecule has 5 rings (SSSR count). The lowest BCUT2D eigenvalue weighted by Crippen LogP contribution is -2.13. The number of nitrogens with zero attached hydrogens (tertiary/aromatic N) is 2. The van der Waals surface area contributed by atoms with E-state index in [9.17, 15) is 4.39 Å². The van der Waals surface area contributed by atoms with Crippen LogP contribution in [0, 0.1) is 5.82 Å². The van der Waals surface area contributed by atoms with Crippen molar-refractivity contribution in [3.63, 3.8) is 0 Å². The van der Waals surface area contributed by atoms with Crippen LogP contribution < -0.4 is 5.32 Å². The molecule has 0 saturated carbocycles. The van der Waals surface area contributed by atoms with Gasteiger partial charge in [0.25, 0.3) is 0 Å². The van der Waals surface area contributed by atoms with Gasteiger partial charge in [0.05, 0.1) is 12.2 Å². The normalized spacial score (nSPS) is 15.5. The molecule has 6 heteroatoms. The quantitative estimate of drug-likeness (QED) is 0.511. The molecule has 0 saturated heterocycles. The Morgan fingerprint density at radius 3 is 2.80 bits per heavy atom. The molecule has 0 spiro atoms. The number of aromatic amines is 1. The number of aromatic nitrogens is 3. The number of hydrogen-bond acceptors (Lipinski definition) is 3. The number of para-hydroxylation sites is 1. The van der Waals surface area contributed by atoms with Crippen LogP contribution in [0.4, 0.5) is 10.1 Å². The molecular formula is C19H12ClFN4. The third-order valence-electron chi connectivity index (χ3n) is 4.62. The van der Waals surface area contributed by atoms with Gasteiger partial charge >= 0.3 is 0 Å². The predicted octanol–water partition coefficient (Wildman–Crippen LogP) is 4.93. The van der Waals surface area contributed by atoms with Crippen molar-refractivity contribution in [3.8, 4) is 11.1 Å². The first kappa shape index (κ1) is 14.4. The smallest absolute Gasteiger partial charge is 0.160 e. The molecule has 1 aliphatic heterocycles. The van der Waals surface area contributed by atoms with E-state index < -0.39 is 6.04 Å². The topological polar surface area (TPSA) is 53.6 Å². The van der Waals surface area contributed by atoms with Gasteiger partial charge in [0.2, 0.25) is 0 Å². The molecule has 1 atom stereocenters. The molecule has 4 aromatic rings. The molecule has 122 valence electrons. The van der Waals surface area contributed by atoms with E-state index in [4.69, 9.17) is 11.6 Å². The Bertz CT molecular complexity index is 1100. The van der Waals surface area contributed by atoms with Crippen LogP contribution in [-0.4, -0.2) is 15.2 Å². The van der Waals surface area contributed by atoms with Crippen molar-refractivity contribution in [3.05, 3.63) is 76.8 Å². The summed E-state index contributed by atoms with van der Waals surface area (Å²) in [7, 11) is 0. The van der Waals surface area contributed by atoms with E-state index in [2.05, 4.69) is 20.5 Å². The standard InChI is InChI=1S/C19H12ClFN4/c20-13-5-3-6-14(21)17(13)18-12-8-22-19-16(12)11(9-23-25-19)10-4-1-2-7-15(10)24-18/h1-9,18,24H,(H,22,25). The molecule has 2 N–H and O–H groups in total. The second-order valence-electron chi connectivity index (χ2n) is 5.98. The summed E-state index contributed by atoms with van der Waals surface area (Å²) in [5.41, 5.74) is 4.84. The first-order valence-electron chi connectivity index (χ1n) is 7.86. The van der Waals surface area contributed by atoms with Gasteiger partial charge in [-0.05, 0) is 18.2 Å². The van der Waals surface area contributed by atoms with Gasteiger partial charge in [0.1, 0.15) is 5.82 Å². The zero-order chi connectivity index (χ0) is 17.0. The van der Waals surface area contributed by atoms with Gasteiger partial charge in [0, 0.05) is 44.5 Å². The summed E-state index contributed by atoms with van der Waals surface area (Å²) in [6, 6.07) is 12.2. The number of H-pyrrole nitrogens is 1. The van der Waals surface area contributed by atoms with Gasteiger partial charge in [-0.1, -0.05) is 35.9 Å². The zero-order valence-corrected chi connectivity index (χ0v) is 13.7. The van der Waals surface area contributed by atoms with Crippen molar-refractivity contribution in [1.29, 1.82) is 0 Å². The average molecular weight is 351 g/mol. The maximum atomic E-state index is 14.6. The van der Waals surface area contributed by atoms with Crippen LogP contribution in [0.3, 0.4) is 0 Å². The van der Waals surface area contributed by atoms with Gasteiger partial charge in [-0.15, -0.1) is 5.10 Å². The third-order valence-corrected chi connectivity index (χ3v) is 4.95. The molecule has 3 heterocycles. The van der Waals surface area contributed by atoms with Crippen LogP contribution in [0.2, 0.25) is 5.02 Å². The number of hydrogen-bond donors (Lipinski definition) is 2. The Balaban J connectivity index is 1.88. The molecule has 2 aromatic carbocycles. The minimum Gasteiger partial charge on any atom is -0.373 e. The number of nitrogens with one attached hydrogen (secondary N) is 2. The largest absolute Gasteiger partial charge is 0.373 e. The molecule has 0 bridgehead atoms. The highest BCUT2D eigenvalue weighted by molar-refractivity contribution is 6.31. The number of rotatable bonds is 1. The first-order chi connectivity index (χ1) is 12.2. The van der Waals surface area contributed by atoms with Crippen molar-refractivity contribution >= 4 is 28.3 Å².